The molecule has 1 aliphatic heterocycles. The lowest BCUT2D eigenvalue weighted by atomic mass is 10.1. The van der Waals surface area contributed by atoms with Crippen molar-refractivity contribution in [3.05, 3.63) is 64.3 Å². The Bertz CT molecular complexity index is 1280. The number of hydrogen-bond acceptors (Lipinski definition) is 6. The molecule has 31 heavy (non-hydrogen) atoms. The summed E-state index contributed by atoms with van der Waals surface area (Å²) in [6.45, 7) is 5.62. The molecule has 0 amide bonds. The Morgan fingerprint density at radius 3 is 2.61 bits per heavy atom. The molecule has 3 aromatic heterocycles. The number of hydrogen-bond donors (Lipinski definition) is 1. The average molecular weight is 419 g/mol. The van der Waals surface area contributed by atoms with Crippen molar-refractivity contribution < 1.29 is 4.39 Å². The van der Waals surface area contributed by atoms with Crippen LogP contribution in [0, 0.1) is 12.7 Å². The topological polar surface area (TPSA) is 82.9 Å². The summed E-state index contributed by atoms with van der Waals surface area (Å²) < 4.78 is 15.6. The first-order valence-electron chi connectivity index (χ1n) is 10.1. The summed E-state index contributed by atoms with van der Waals surface area (Å²) in [6.07, 6.45) is 1.76. The number of piperazine rings is 1. The molecule has 9 heteroatoms. The van der Waals surface area contributed by atoms with Crippen molar-refractivity contribution in [2.75, 3.05) is 38.1 Å². The molecule has 4 heterocycles. The molecule has 158 valence electrons. The second-order valence-electron chi connectivity index (χ2n) is 7.83. The van der Waals surface area contributed by atoms with E-state index in [4.69, 9.17) is 0 Å². The number of benzene rings is 1. The normalized spacial score (nSPS) is 15.0. The first kappa shape index (κ1) is 19.4. The molecule has 4 aromatic rings. The van der Waals surface area contributed by atoms with Crippen LogP contribution in [0.3, 0.4) is 0 Å². The molecular formula is C22H22FN7O. The van der Waals surface area contributed by atoms with Crippen molar-refractivity contribution in [3.8, 4) is 16.9 Å². The van der Waals surface area contributed by atoms with Crippen LogP contribution in [-0.2, 0) is 0 Å². The van der Waals surface area contributed by atoms with Crippen molar-refractivity contribution in [3.63, 3.8) is 0 Å². The monoisotopic (exact) mass is 419 g/mol. The largest absolute Gasteiger partial charge is 0.354 e. The zero-order valence-corrected chi connectivity index (χ0v) is 17.3. The summed E-state index contributed by atoms with van der Waals surface area (Å²) in [4.78, 5) is 21.8. The molecule has 1 aromatic carbocycles. The van der Waals surface area contributed by atoms with Gasteiger partial charge in [0.1, 0.15) is 28.5 Å². The van der Waals surface area contributed by atoms with Crippen LogP contribution in [0.1, 0.15) is 5.56 Å². The van der Waals surface area contributed by atoms with E-state index in [2.05, 4.69) is 37.1 Å². The van der Waals surface area contributed by atoms with Crippen LogP contribution in [0.15, 0.2) is 47.4 Å². The molecule has 1 aliphatic rings. The van der Waals surface area contributed by atoms with Gasteiger partial charge < -0.3 is 9.80 Å². The number of anilines is 1. The van der Waals surface area contributed by atoms with Crippen molar-refractivity contribution in [2.45, 2.75) is 6.92 Å². The predicted octanol–water partition coefficient (Wildman–Crippen LogP) is 2.37. The Hall–Kier alpha value is -3.59. The number of halogens is 1. The molecule has 1 saturated heterocycles. The standard InChI is InChI=1S/C22H22FN7O/c1-14-4-3-5-16(23)22(14)30-19(31)12-17-21(27-30)20(26-25-17)15-6-7-18(24-13-15)29-10-8-28(2)9-11-29/h3-7,12-13,25H,8-11H2,1-2H3. The van der Waals surface area contributed by atoms with E-state index >= 15 is 0 Å². The second-order valence-corrected chi connectivity index (χ2v) is 7.83. The summed E-state index contributed by atoms with van der Waals surface area (Å²) >= 11 is 0. The van der Waals surface area contributed by atoms with Crippen LogP contribution in [0.4, 0.5) is 10.2 Å². The third-order valence-electron chi connectivity index (χ3n) is 5.69. The minimum Gasteiger partial charge on any atom is -0.354 e. The van der Waals surface area contributed by atoms with E-state index in [-0.39, 0.29) is 5.69 Å². The van der Waals surface area contributed by atoms with Crippen molar-refractivity contribution >= 4 is 16.9 Å². The summed E-state index contributed by atoms with van der Waals surface area (Å²) in [5.74, 6) is 0.417. The van der Waals surface area contributed by atoms with Gasteiger partial charge in [-0.1, -0.05) is 12.1 Å². The molecule has 0 spiro atoms. The molecule has 1 N–H and O–H groups in total. The van der Waals surface area contributed by atoms with Gasteiger partial charge >= 0.3 is 0 Å². The van der Waals surface area contributed by atoms with Crippen LogP contribution < -0.4 is 10.5 Å². The number of aromatic nitrogens is 5. The number of H-pyrrole nitrogens is 1. The maximum Gasteiger partial charge on any atom is 0.273 e. The fourth-order valence-corrected chi connectivity index (χ4v) is 3.89. The predicted molar refractivity (Wildman–Crippen MR) is 117 cm³/mol. The molecule has 5 rings (SSSR count). The number of rotatable bonds is 3. The van der Waals surface area contributed by atoms with Crippen LogP contribution in [0.5, 0.6) is 0 Å². The van der Waals surface area contributed by atoms with E-state index < -0.39 is 11.4 Å². The van der Waals surface area contributed by atoms with Gasteiger partial charge in [0.05, 0.1) is 5.52 Å². The lowest BCUT2D eigenvalue weighted by molar-refractivity contribution is 0.312. The zero-order chi connectivity index (χ0) is 21.5. The summed E-state index contributed by atoms with van der Waals surface area (Å²) in [6, 6.07) is 9.97. The lowest BCUT2D eigenvalue weighted by Gasteiger charge is -2.33. The minimum absolute atomic E-state index is 0.144. The van der Waals surface area contributed by atoms with Gasteiger partial charge in [-0.15, -0.1) is 0 Å². The van der Waals surface area contributed by atoms with E-state index in [0.717, 1.165) is 42.2 Å². The molecule has 1 fully saturated rings. The minimum atomic E-state index is -0.503. The molecule has 0 saturated carbocycles. The highest BCUT2D eigenvalue weighted by atomic mass is 19.1. The Morgan fingerprint density at radius 2 is 1.90 bits per heavy atom. The number of pyridine rings is 1. The molecular weight excluding hydrogens is 397 g/mol. The summed E-state index contributed by atoms with van der Waals surface area (Å²) in [7, 11) is 2.12. The quantitative estimate of drug-likeness (QED) is 0.549. The van der Waals surface area contributed by atoms with Gasteiger partial charge in [-0.05, 0) is 37.7 Å². The third-order valence-corrected chi connectivity index (χ3v) is 5.69. The molecule has 0 atom stereocenters. The number of nitrogens with one attached hydrogen (secondary N) is 1. The van der Waals surface area contributed by atoms with Gasteiger partial charge in [0.2, 0.25) is 0 Å². The Labute approximate surface area is 177 Å². The Balaban J connectivity index is 1.55. The Morgan fingerprint density at radius 1 is 1.10 bits per heavy atom. The first-order chi connectivity index (χ1) is 15.0. The van der Waals surface area contributed by atoms with E-state index in [1.54, 1.807) is 25.3 Å². The lowest BCUT2D eigenvalue weighted by Crippen LogP contribution is -2.44. The summed E-state index contributed by atoms with van der Waals surface area (Å²) in [5.41, 5.74) is 2.65. The molecule has 0 unspecified atom stereocenters. The van der Waals surface area contributed by atoms with Gasteiger partial charge in [0.25, 0.3) is 5.56 Å². The van der Waals surface area contributed by atoms with Crippen LogP contribution in [-0.4, -0.2) is 63.1 Å². The molecule has 0 radical (unpaired) electrons. The maximum absolute atomic E-state index is 14.5. The number of para-hydroxylation sites is 1. The fraction of sp³-hybridized carbons (Fsp3) is 0.273. The van der Waals surface area contributed by atoms with Crippen molar-refractivity contribution in [1.29, 1.82) is 0 Å². The third kappa shape index (κ3) is 3.46. The van der Waals surface area contributed by atoms with Gasteiger partial charge in [0, 0.05) is 44.0 Å². The number of nitrogens with zero attached hydrogens (tertiary/aromatic N) is 6. The van der Waals surface area contributed by atoms with Gasteiger partial charge in [-0.25, -0.2) is 9.37 Å². The van der Waals surface area contributed by atoms with Crippen LogP contribution in [0.25, 0.3) is 28.0 Å². The number of aromatic amines is 1. The maximum atomic E-state index is 14.5. The van der Waals surface area contributed by atoms with E-state index in [0.29, 0.717) is 22.3 Å². The van der Waals surface area contributed by atoms with E-state index in [1.807, 2.05) is 12.1 Å². The van der Waals surface area contributed by atoms with Crippen molar-refractivity contribution in [1.82, 2.24) is 29.9 Å². The smallest absolute Gasteiger partial charge is 0.273 e. The Kier molecular flexibility index (Phi) is 4.74. The number of likely N-dealkylation sites (N-methyl/N-ethyl adjacent to an activating group) is 1. The van der Waals surface area contributed by atoms with E-state index in [1.165, 1.54) is 12.1 Å². The number of fused-ring (bicyclic) bond motifs is 1. The highest BCUT2D eigenvalue weighted by molar-refractivity contribution is 5.89. The highest BCUT2D eigenvalue weighted by Gasteiger charge is 2.18. The van der Waals surface area contributed by atoms with E-state index in [9.17, 15) is 9.18 Å². The van der Waals surface area contributed by atoms with Crippen LogP contribution >= 0.6 is 0 Å². The van der Waals surface area contributed by atoms with Gasteiger partial charge in [0.15, 0.2) is 0 Å². The molecule has 8 nitrogen and oxygen atoms in total. The molecule has 0 bridgehead atoms. The average Bonchev–Trinajstić information content (AvgIpc) is 3.17. The van der Waals surface area contributed by atoms with Crippen LogP contribution in [0.2, 0.25) is 0 Å². The SMILES string of the molecule is Cc1cccc(F)c1-n1nc2c(-c3ccc(N4CCN(C)CC4)nc3)n[nH]c2cc1=O. The fourth-order valence-electron chi connectivity index (χ4n) is 3.89. The first-order valence-corrected chi connectivity index (χ1v) is 10.1. The summed E-state index contributed by atoms with van der Waals surface area (Å²) in [5, 5.41) is 11.6. The van der Waals surface area contributed by atoms with Crippen molar-refractivity contribution in [2.24, 2.45) is 0 Å². The van der Waals surface area contributed by atoms with Gasteiger partial charge in [-0.2, -0.15) is 14.9 Å². The zero-order valence-electron chi connectivity index (χ0n) is 17.3. The second kappa shape index (κ2) is 7.59. The highest BCUT2D eigenvalue weighted by Crippen LogP contribution is 2.26. The molecule has 0 aliphatic carbocycles. The number of aryl methyl sites for hydroxylation is 1. The van der Waals surface area contributed by atoms with Gasteiger partial charge in [-0.3, -0.25) is 9.89 Å².